The van der Waals surface area contributed by atoms with Crippen molar-refractivity contribution in [3.8, 4) is 5.75 Å². The molecule has 1 aliphatic rings. The standard InChI is InChI=1S/C15H16N2O3S/c1-11-5-6-14(20-2)15(8-11)21(18,19)17-9-12-4-3-7-16-13(12)10-17/h3-8H,9-10H2,1-2H3. The van der Waals surface area contributed by atoms with E-state index in [1.54, 1.807) is 18.3 Å². The van der Waals surface area contributed by atoms with E-state index in [-0.39, 0.29) is 4.90 Å². The van der Waals surface area contributed by atoms with Crippen LogP contribution in [0.15, 0.2) is 41.4 Å². The van der Waals surface area contributed by atoms with E-state index >= 15 is 0 Å². The molecule has 0 radical (unpaired) electrons. The van der Waals surface area contributed by atoms with Gasteiger partial charge in [-0.2, -0.15) is 4.31 Å². The summed E-state index contributed by atoms with van der Waals surface area (Å²) in [6.07, 6.45) is 1.68. The fourth-order valence-corrected chi connectivity index (χ4v) is 4.09. The number of benzene rings is 1. The van der Waals surface area contributed by atoms with E-state index in [9.17, 15) is 8.42 Å². The molecule has 110 valence electrons. The Morgan fingerprint density at radius 2 is 2.05 bits per heavy atom. The van der Waals surface area contributed by atoms with E-state index in [0.29, 0.717) is 18.8 Å². The lowest BCUT2D eigenvalue weighted by atomic mass is 10.2. The number of rotatable bonds is 3. The van der Waals surface area contributed by atoms with Crippen LogP contribution in [0.3, 0.4) is 0 Å². The zero-order chi connectivity index (χ0) is 15.0. The summed E-state index contributed by atoms with van der Waals surface area (Å²) in [5.41, 5.74) is 2.64. The number of pyridine rings is 1. The van der Waals surface area contributed by atoms with Crippen LogP contribution < -0.4 is 4.74 Å². The largest absolute Gasteiger partial charge is 0.495 e. The molecule has 0 saturated carbocycles. The number of methoxy groups -OCH3 is 1. The minimum Gasteiger partial charge on any atom is -0.495 e. The second kappa shape index (κ2) is 5.13. The number of aromatic nitrogens is 1. The molecule has 1 aliphatic heterocycles. The first-order valence-corrected chi connectivity index (χ1v) is 8.04. The van der Waals surface area contributed by atoms with E-state index in [2.05, 4.69) is 4.98 Å². The molecule has 0 fully saturated rings. The highest BCUT2D eigenvalue weighted by Crippen LogP contribution is 2.32. The predicted octanol–water partition coefficient (Wildman–Crippen LogP) is 2.10. The smallest absolute Gasteiger partial charge is 0.247 e. The minimum atomic E-state index is -3.60. The first-order valence-electron chi connectivity index (χ1n) is 6.60. The summed E-state index contributed by atoms with van der Waals surface area (Å²) >= 11 is 0. The average molecular weight is 304 g/mol. The van der Waals surface area contributed by atoms with E-state index in [1.807, 2.05) is 25.1 Å². The van der Waals surface area contributed by atoms with Crippen molar-refractivity contribution in [1.82, 2.24) is 9.29 Å². The lowest BCUT2D eigenvalue weighted by Crippen LogP contribution is -2.26. The van der Waals surface area contributed by atoms with Crippen molar-refractivity contribution in [2.45, 2.75) is 24.9 Å². The highest BCUT2D eigenvalue weighted by atomic mass is 32.2. The highest BCUT2D eigenvalue weighted by molar-refractivity contribution is 7.89. The Hall–Kier alpha value is -1.92. The minimum absolute atomic E-state index is 0.206. The maximum Gasteiger partial charge on any atom is 0.247 e. The maximum absolute atomic E-state index is 12.9. The molecule has 0 aliphatic carbocycles. The van der Waals surface area contributed by atoms with Crippen LogP contribution in [0.4, 0.5) is 0 Å². The third-order valence-corrected chi connectivity index (χ3v) is 5.41. The summed E-state index contributed by atoms with van der Waals surface area (Å²) in [5.74, 6) is 0.365. The number of nitrogens with zero attached hydrogens (tertiary/aromatic N) is 2. The van der Waals surface area contributed by atoms with Crippen molar-refractivity contribution >= 4 is 10.0 Å². The van der Waals surface area contributed by atoms with Crippen molar-refractivity contribution in [2.24, 2.45) is 0 Å². The van der Waals surface area contributed by atoms with Crippen molar-refractivity contribution in [2.75, 3.05) is 7.11 Å². The highest BCUT2D eigenvalue weighted by Gasteiger charge is 2.33. The first kappa shape index (κ1) is 14.0. The van der Waals surface area contributed by atoms with Gasteiger partial charge in [0.05, 0.1) is 19.3 Å². The molecule has 0 bridgehead atoms. The molecule has 1 aromatic carbocycles. The zero-order valence-electron chi connectivity index (χ0n) is 11.9. The molecule has 2 heterocycles. The van der Waals surface area contributed by atoms with Crippen LogP contribution in [0.5, 0.6) is 5.75 Å². The fourth-order valence-electron chi connectivity index (χ4n) is 2.47. The van der Waals surface area contributed by atoms with Gasteiger partial charge in [-0.25, -0.2) is 8.42 Å². The van der Waals surface area contributed by atoms with Crippen LogP contribution >= 0.6 is 0 Å². The number of hydrogen-bond acceptors (Lipinski definition) is 4. The molecule has 0 saturated heterocycles. The molecule has 1 aromatic heterocycles. The molecule has 3 rings (SSSR count). The third kappa shape index (κ3) is 2.41. The van der Waals surface area contributed by atoms with Crippen molar-refractivity contribution < 1.29 is 13.2 Å². The van der Waals surface area contributed by atoms with Gasteiger partial charge in [0.25, 0.3) is 0 Å². The lowest BCUT2D eigenvalue weighted by Gasteiger charge is -2.17. The Kier molecular flexibility index (Phi) is 3.43. The summed E-state index contributed by atoms with van der Waals surface area (Å²) in [4.78, 5) is 4.45. The van der Waals surface area contributed by atoms with Gasteiger partial charge in [-0.3, -0.25) is 4.98 Å². The molecule has 5 nitrogen and oxygen atoms in total. The Balaban J connectivity index is 2.02. The Bertz CT molecular complexity index is 762. The topological polar surface area (TPSA) is 59.5 Å². The van der Waals surface area contributed by atoms with Gasteiger partial charge in [0.2, 0.25) is 10.0 Å². The number of aryl methyl sites for hydroxylation is 1. The van der Waals surface area contributed by atoms with Gasteiger partial charge in [-0.05, 0) is 36.2 Å². The molecular weight excluding hydrogens is 288 g/mol. The van der Waals surface area contributed by atoms with Gasteiger partial charge >= 0.3 is 0 Å². The quantitative estimate of drug-likeness (QED) is 0.871. The molecule has 21 heavy (non-hydrogen) atoms. The zero-order valence-corrected chi connectivity index (χ0v) is 12.7. The van der Waals surface area contributed by atoms with Crippen molar-refractivity contribution in [3.63, 3.8) is 0 Å². The number of hydrogen-bond donors (Lipinski definition) is 0. The molecule has 6 heteroatoms. The van der Waals surface area contributed by atoms with Gasteiger partial charge in [0, 0.05) is 12.7 Å². The lowest BCUT2D eigenvalue weighted by molar-refractivity contribution is 0.392. The molecule has 0 atom stereocenters. The summed E-state index contributed by atoms with van der Waals surface area (Å²) in [6, 6.07) is 8.89. The predicted molar refractivity (Wildman–Crippen MR) is 78.4 cm³/mol. The van der Waals surface area contributed by atoms with Crippen LogP contribution in [0.1, 0.15) is 16.8 Å². The Labute approximate surface area is 124 Å². The van der Waals surface area contributed by atoms with Crippen molar-refractivity contribution in [3.05, 3.63) is 53.3 Å². The fraction of sp³-hybridized carbons (Fsp3) is 0.267. The molecule has 0 spiro atoms. The monoisotopic (exact) mass is 304 g/mol. The number of fused-ring (bicyclic) bond motifs is 1. The molecular formula is C15H16N2O3S. The van der Waals surface area contributed by atoms with Crippen molar-refractivity contribution in [1.29, 1.82) is 0 Å². The molecule has 0 unspecified atom stereocenters. The van der Waals surface area contributed by atoms with Gasteiger partial charge in [0.15, 0.2) is 0 Å². The van der Waals surface area contributed by atoms with Crippen LogP contribution in [-0.2, 0) is 23.1 Å². The summed E-state index contributed by atoms with van der Waals surface area (Å²) in [6.45, 7) is 2.51. The Morgan fingerprint density at radius 1 is 1.24 bits per heavy atom. The second-order valence-corrected chi connectivity index (χ2v) is 6.94. The van der Waals surface area contributed by atoms with E-state index < -0.39 is 10.0 Å². The normalized spacial score (nSPS) is 15.0. The Morgan fingerprint density at radius 3 is 2.76 bits per heavy atom. The summed E-state index contributed by atoms with van der Waals surface area (Å²) < 4.78 is 32.3. The number of sulfonamides is 1. The van der Waals surface area contributed by atoms with Gasteiger partial charge in [-0.15, -0.1) is 0 Å². The SMILES string of the molecule is COc1ccc(C)cc1S(=O)(=O)N1Cc2cccnc2C1. The van der Waals surface area contributed by atoms with Gasteiger partial charge < -0.3 is 4.74 Å². The van der Waals surface area contributed by atoms with E-state index in [1.165, 1.54) is 11.4 Å². The first-order chi connectivity index (χ1) is 10.0. The maximum atomic E-state index is 12.9. The van der Waals surface area contributed by atoms with E-state index in [0.717, 1.165) is 16.8 Å². The second-order valence-electron chi connectivity index (χ2n) is 5.04. The van der Waals surface area contributed by atoms with Crippen LogP contribution in [0.25, 0.3) is 0 Å². The third-order valence-electron chi connectivity index (χ3n) is 3.59. The summed E-state index contributed by atoms with van der Waals surface area (Å²) in [7, 11) is -2.13. The van der Waals surface area contributed by atoms with Crippen LogP contribution in [0, 0.1) is 6.92 Å². The average Bonchev–Trinajstić information content (AvgIpc) is 2.92. The van der Waals surface area contributed by atoms with E-state index in [4.69, 9.17) is 4.74 Å². The van der Waals surface area contributed by atoms with Crippen LogP contribution in [0.2, 0.25) is 0 Å². The molecule has 0 amide bonds. The van der Waals surface area contributed by atoms with Gasteiger partial charge in [0.1, 0.15) is 10.6 Å². The van der Waals surface area contributed by atoms with Gasteiger partial charge in [-0.1, -0.05) is 12.1 Å². The number of ether oxygens (including phenoxy) is 1. The molecule has 2 aromatic rings. The molecule has 0 N–H and O–H groups in total. The van der Waals surface area contributed by atoms with Crippen LogP contribution in [-0.4, -0.2) is 24.8 Å². The summed E-state index contributed by atoms with van der Waals surface area (Å²) in [5, 5.41) is 0.